The third-order valence-corrected chi connectivity index (χ3v) is 2.72. The fourth-order valence-electron chi connectivity index (χ4n) is 1.72. The summed E-state index contributed by atoms with van der Waals surface area (Å²) in [6.07, 6.45) is 11.3. The lowest BCUT2D eigenvalue weighted by atomic mass is 10.2. The predicted molar refractivity (Wildman–Crippen MR) is 70.3 cm³/mol. The number of carbonyl (C=O) groups excluding carboxylic acids is 1. The predicted octanol–water partition coefficient (Wildman–Crippen LogP) is 0.881. The third kappa shape index (κ3) is 4.87. The van der Waals surface area contributed by atoms with Crippen LogP contribution in [0.2, 0.25) is 0 Å². The molecule has 6 heteroatoms. The molecule has 0 saturated carbocycles. The van der Waals surface area contributed by atoms with Gasteiger partial charge in [0.1, 0.15) is 0 Å². The van der Waals surface area contributed by atoms with Crippen LogP contribution in [0.3, 0.4) is 0 Å². The first kappa shape index (κ1) is 13.2. The van der Waals surface area contributed by atoms with Gasteiger partial charge < -0.3 is 10.3 Å². The van der Waals surface area contributed by atoms with E-state index >= 15 is 0 Å². The minimum absolute atomic E-state index is 0.0512. The maximum absolute atomic E-state index is 11.6. The van der Waals surface area contributed by atoms with Crippen LogP contribution in [-0.4, -0.2) is 32.4 Å². The van der Waals surface area contributed by atoms with Crippen molar-refractivity contribution >= 4 is 5.91 Å². The molecule has 0 saturated heterocycles. The number of imidazole rings is 1. The summed E-state index contributed by atoms with van der Waals surface area (Å²) in [6, 6.07) is 0. The molecule has 0 bridgehead atoms. The highest BCUT2D eigenvalue weighted by atomic mass is 16.1. The molecule has 0 aromatic carbocycles. The van der Waals surface area contributed by atoms with Crippen LogP contribution < -0.4 is 5.32 Å². The molecule has 0 aliphatic carbocycles. The molecule has 100 valence electrons. The first-order chi connectivity index (χ1) is 9.34. The first-order valence-electron chi connectivity index (χ1n) is 6.33. The summed E-state index contributed by atoms with van der Waals surface area (Å²) in [6.45, 7) is 0.679. The Morgan fingerprint density at radius 1 is 1.21 bits per heavy atom. The molecule has 0 radical (unpaired) electrons. The van der Waals surface area contributed by atoms with Crippen molar-refractivity contribution in [1.82, 2.24) is 25.3 Å². The first-order valence-corrected chi connectivity index (χ1v) is 6.33. The number of hydrogen-bond donors (Lipinski definition) is 2. The zero-order chi connectivity index (χ0) is 13.3. The number of aromatic nitrogens is 4. The molecule has 2 aromatic heterocycles. The van der Waals surface area contributed by atoms with Crippen molar-refractivity contribution in [2.24, 2.45) is 0 Å². The molecule has 2 aromatic rings. The fraction of sp³-hybridized carbons (Fsp3) is 0.385. The Balaban J connectivity index is 1.57. The number of hydrogen-bond acceptors (Lipinski definition) is 4. The van der Waals surface area contributed by atoms with E-state index in [4.69, 9.17) is 0 Å². The summed E-state index contributed by atoms with van der Waals surface area (Å²) in [5.41, 5.74) is 1.93. The second kappa shape index (κ2) is 7.25. The van der Waals surface area contributed by atoms with Crippen LogP contribution >= 0.6 is 0 Å². The zero-order valence-electron chi connectivity index (χ0n) is 10.7. The Bertz CT molecular complexity index is 483. The molecule has 0 aliphatic heterocycles. The smallest absolute Gasteiger partial charge is 0.220 e. The highest BCUT2D eigenvalue weighted by molar-refractivity contribution is 5.76. The van der Waals surface area contributed by atoms with Crippen LogP contribution in [0.5, 0.6) is 0 Å². The highest BCUT2D eigenvalue weighted by Crippen LogP contribution is 1.98. The number of rotatable bonds is 7. The van der Waals surface area contributed by atoms with Crippen molar-refractivity contribution < 1.29 is 4.79 Å². The lowest BCUT2D eigenvalue weighted by molar-refractivity contribution is -0.121. The number of amides is 1. The summed E-state index contributed by atoms with van der Waals surface area (Å²) in [5.74, 6) is 0.0512. The molecular weight excluding hydrogens is 242 g/mol. The highest BCUT2D eigenvalue weighted by Gasteiger charge is 2.02. The van der Waals surface area contributed by atoms with E-state index in [9.17, 15) is 4.79 Å². The molecular formula is C13H17N5O. The van der Waals surface area contributed by atoms with Gasteiger partial charge in [-0.3, -0.25) is 14.8 Å². The summed E-state index contributed by atoms with van der Waals surface area (Å²) in [7, 11) is 0. The normalized spacial score (nSPS) is 10.3. The summed E-state index contributed by atoms with van der Waals surface area (Å²) in [5, 5.41) is 2.89. The second-order valence-corrected chi connectivity index (χ2v) is 4.23. The van der Waals surface area contributed by atoms with Crippen LogP contribution in [-0.2, 0) is 17.6 Å². The number of aromatic amines is 1. The summed E-state index contributed by atoms with van der Waals surface area (Å²) in [4.78, 5) is 26.7. The quantitative estimate of drug-likeness (QED) is 0.723. The van der Waals surface area contributed by atoms with E-state index in [1.807, 2.05) is 0 Å². The van der Waals surface area contributed by atoms with E-state index in [1.54, 1.807) is 31.1 Å². The standard InChI is InChI=1S/C13H17N5O/c19-13(4-3-12-8-14-6-7-16-12)17-5-1-2-11-9-15-10-18-11/h6-10H,1-5H2,(H,15,18)(H,17,19). The van der Waals surface area contributed by atoms with Gasteiger partial charge in [-0.05, 0) is 19.3 Å². The molecule has 1 amide bonds. The molecule has 19 heavy (non-hydrogen) atoms. The van der Waals surface area contributed by atoms with Gasteiger partial charge in [0.05, 0.1) is 12.0 Å². The van der Waals surface area contributed by atoms with Crippen LogP contribution in [0.4, 0.5) is 0 Å². The van der Waals surface area contributed by atoms with Gasteiger partial charge in [0.15, 0.2) is 0 Å². The van der Waals surface area contributed by atoms with Gasteiger partial charge in [0, 0.05) is 43.4 Å². The van der Waals surface area contributed by atoms with Crippen LogP contribution in [0.1, 0.15) is 24.2 Å². The minimum atomic E-state index is 0.0512. The largest absolute Gasteiger partial charge is 0.356 e. The molecule has 0 spiro atoms. The average Bonchev–Trinajstić information content (AvgIpc) is 2.96. The van der Waals surface area contributed by atoms with Crippen molar-refractivity contribution in [3.05, 3.63) is 42.5 Å². The SMILES string of the molecule is O=C(CCc1cnccn1)NCCCc1cnc[nH]1. The van der Waals surface area contributed by atoms with Gasteiger partial charge in [-0.25, -0.2) is 4.98 Å². The molecule has 0 fully saturated rings. The molecule has 6 nitrogen and oxygen atoms in total. The maximum atomic E-state index is 11.6. The molecule has 2 heterocycles. The Labute approximate surface area is 111 Å². The third-order valence-electron chi connectivity index (χ3n) is 2.72. The van der Waals surface area contributed by atoms with Crippen LogP contribution in [0.25, 0.3) is 0 Å². The molecule has 2 N–H and O–H groups in total. The Hall–Kier alpha value is -2.24. The van der Waals surface area contributed by atoms with Crippen molar-refractivity contribution in [2.75, 3.05) is 6.54 Å². The van der Waals surface area contributed by atoms with Gasteiger partial charge >= 0.3 is 0 Å². The molecule has 2 rings (SSSR count). The number of carbonyl (C=O) groups is 1. The van der Waals surface area contributed by atoms with E-state index in [0.717, 1.165) is 24.2 Å². The molecule has 0 unspecified atom stereocenters. The average molecular weight is 259 g/mol. The number of aryl methyl sites for hydroxylation is 2. The van der Waals surface area contributed by atoms with Crippen molar-refractivity contribution in [3.8, 4) is 0 Å². The van der Waals surface area contributed by atoms with Crippen molar-refractivity contribution in [1.29, 1.82) is 0 Å². The van der Waals surface area contributed by atoms with E-state index < -0.39 is 0 Å². The summed E-state index contributed by atoms with van der Waals surface area (Å²) < 4.78 is 0. The van der Waals surface area contributed by atoms with Gasteiger partial charge in [-0.15, -0.1) is 0 Å². The van der Waals surface area contributed by atoms with E-state index in [1.165, 1.54) is 0 Å². The monoisotopic (exact) mass is 259 g/mol. The lowest BCUT2D eigenvalue weighted by Crippen LogP contribution is -2.25. The zero-order valence-corrected chi connectivity index (χ0v) is 10.7. The topological polar surface area (TPSA) is 83.6 Å². The van der Waals surface area contributed by atoms with E-state index in [0.29, 0.717) is 19.4 Å². The number of nitrogens with zero attached hydrogens (tertiary/aromatic N) is 3. The maximum Gasteiger partial charge on any atom is 0.220 e. The van der Waals surface area contributed by atoms with Gasteiger partial charge in [-0.1, -0.05) is 0 Å². The van der Waals surface area contributed by atoms with Gasteiger partial charge in [0.2, 0.25) is 5.91 Å². The fourth-order valence-corrected chi connectivity index (χ4v) is 1.72. The van der Waals surface area contributed by atoms with Crippen molar-refractivity contribution in [2.45, 2.75) is 25.7 Å². The lowest BCUT2D eigenvalue weighted by Gasteiger charge is -2.04. The molecule has 0 atom stereocenters. The van der Waals surface area contributed by atoms with Crippen molar-refractivity contribution in [3.63, 3.8) is 0 Å². The van der Waals surface area contributed by atoms with Gasteiger partial charge in [-0.2, -0.15) is 0 Å². The second-order valence-electron chi connectivity index (χ2n) is 4.23. The van der Waals surface area contributed by atoms with E-state index in [-0.39, 0.29) is 5.91 Å². The molecule has 0 aliphatic rings. The Morgan fingerprint density at radius 3 is 2.89 bits per heavy atom. The Morgan fingerprint density at radius 2 is 2.16 bits per heavy atom. The van der Waals surface area contributed by atoms with Gasteiger partial charge in [0.25, 0.3) is 0 Å². The number of H-pyrrole nitrogens is 1. The van der Waals surface area contributed by atoms with Crippen LogP contribution in [0, 0.1) is 0 Å². The number of nitrogens with one attached hydrogen (secondary N) is 2. The minimum Gasteiger partial charge on any atom is -0.356 e. The van der Waals surface area contributed by atoms with E-state index in [2.05, 4.69) is 25.3 Å². The Kier molecular flexibility index (Phi) is 5.04. The summed E-state index contributed by atoms with van der Waals surface area (Å²) >= 11 is 0. The van der Waals surface area contributed by atoms with Crippen LogP contribution in [0.15, 0.2) is 31.1 Å².